The molecule has 2 aromatic carbocycles. The van der Waals surface area contributed by atoms with Crippen LogP contribution in [-0.4, -0.2) is 35.0 Å². The van der Waals surface area contributed by atoms with Crippen LogP contribution in [0.15, 0.2) is 48.5 Å². The molecule has 9 heteroatoms. The van der Waals surface area contributed by atoms with Crippen LogP contribution >= 0.6 is 34.8 Å². The minimum atomic E-state index is -2.73. The average Bonchev–Trinajstić information content (AvgIpc) is 3.21. The summed E-state index contributed by atoms with van der Waals surface area (Å²) in [5.74, 6) is -3.65. The van der Waals surface area contributed by atoms with Crippen molar-refractivity contribution in [1.29, 1.82) is 0 Å². The highest BCUT2D eigenvalue weighted by Gasteiger charge is 2.76. The van der Waals surface area contributed by atoms with Crippen LogP contribution in [0, 0.1) is 5.41 Å². The van der Waals surface area contributed by atoms with Gasteiger partial charge in [-0.15, -0.1) is 0 Å². The van der Waals surface area contributed by atoms with Crippen LogP contribution in [0.4, 0.5) is 14.5 Å². The number of anilines is 1. The largest absolute Gasteiger partial charge is 0.384 e. The van der Waals surface area contributed by atoms with Gasteiger partial charge in [0, 0.05) is 37.0 Å². The van der Waals surface area contributed by atoms with E-state index in [1.165, 1.54) is 12.1 Å². The molecule has 31 heavy (non-hydrogen) atoms. The highest BCUT2D eigenvalue weighted by Crippen LogP contribution is 2.72. The average molecular weight is 488 g/mol. The summed E-state index contributed by atoms with van der Waals surface area (Å²) in [4.78, 5) is 24.5. The SMILES string of the molecule is O=CC1(CNc2ccc(Cl)c(C(=O)NC3CC(F)(F)C3)c2)C(c2ccccc2)C1(Cl)Cl. The van der Waals surface area contributed by atoms with Crippen LogP contribution < -0.4 is 10.6 Å². The number of halogens is 5. The lowest BCUT2D eigenvalue weighted by molar-refractivity contribution is -0.112. The van der Waals surface area contributed by atoms with Crippen LogP contribution in [0.5, 0.6) is 0 Å². The molecule has 2 N–H and O–H groups in total. The fourth-order valence-electron chi connectivity index (χ4n) is 4.12. The zero-order valence-corrected chi connectivity index (χ0v) is 18.4. The number of rotatable bonds is 7. The molecule has 2 aliphatic rings. The van der Waals surface area contributed by atoms with Crippen molar-refractivity contribution < 1.29 is 18.4 Å². The Bertz CT molecular complexity index is 1010. The summed E-state index contributed by atoms with van der Waals surface area (Å²) in [7, 11) is 0. The van der Waals surface area contributed by atoms with Crippen LogP contribution in [0.3, 0.4) is 0 Å². The summed E-state index contributed by atoms with van der Waals surface area (Å²) in [5.41, 5.74) is 0.490. The molecule has 0 saturated heterocycles. The third kappa shape index (κ3) is 4.01. The number of nitrogens with one attached hydrogen (secondary N) is 2. The molecule has 0 radical (unpaired) electrons. The van der Waals surface area contributed by atoms with Gasteiger partial charge in [-0.25, -0.2) is 8.78 Å². The van der Waals surface area contributed by atoms with Crippen molar-refractivity contribution >= 4 is 52.7 Å². The molecule has 2 saturated carbocycles. The van der Waals surface area contributed by atoms with Crippen LogP contribution in [0.25, 0.3) is 0 Å². The normalized spacial score (nSPS) is 25.9. The number of carbonyl (C=O) groups excluding carboxylic acids is 2. The van der Waals surface area contributed by atoms with Crippen LogP contribution in [0.1, 0.15) is 34.7 Å². The van der Waals surface area contributed by atoms with Crippen molar-refractivity contribution in [2.45, 2.75) is 35.1 Å². The quantitative estimate of drug-likeness (QED) is 0.404. The van der Waals surface area contributed by atoms with Gasteiger partial charge in [-0.05, 0) is 23.8 Å². The molecule has 0 spiro atoms. The lowest BCUT2D eigenvalue weighted by Crippen LogP contribution is -2.50. The van der Waals surface area contributed by atoms with E-state index < -0.39 is 27.6 Å². The topological polar surface area (TPSA) is 58.2 Å². The van der Waals surface area contributed by atoms with Crippen molar-refractivity contribution in [3.8, 4) is 0 Å². The maximum Gasteiger partial charge on any atom is 0.253 e. The molecule has 2 fully saturated rings. The molecule has 2 atom stereocenters. The van der Waals surface area contributed by atoms with Gasteiger partial charge in [0.1, 0.15) is 10.6 Å². The number of benzene rings is 2. The monoisotopic (exact) mass is 486 g/mol. The second kappa shape index (κ2) is 7.91. The predicted molar refractivity (Wildman–Crippen MR) is 117 cm³/mol. The van der Waals surface area contributed by atoms with Gasteiger partial charge in [0.15, 0.2) is 0 Å². The molecule has 4 nitrogen and oxygen atoms in total. The van der Waals surface area contributed by atoms with Gasteiger partial charge in [-0.1, -0.05) is 65.1 Å². The van der Waals surface area contributed by atoms with Crippen LogP contribution in [-0.2, 0) is 4.79 Å². The van der Waals surface area contributed by atoms with E-state index in [-0.39, 0.29) is 35.9 Å². The first kappa shape index (κ1) is 22.3. The van der Waals surface area contributed by atoms with Gasteiger partial charge < -0.3 is 15.4 Å². The second-order valence-electron chi connectivity index (χ2n) is 8.11. The highest BCUT2D eigenvalue weighted by molar-refractivity contribution is 6.54. The fourth-order valence-corrected chi connectivity index (χ4v) is 5.30. The van der Waals surface area contributed by atoms with Gasteiger partial charge in [0.2, 0.25) is 0 Å². The second-order valence-corrected chi connectivity index (χ2v) is 9.90. The number of aldehydes is 1. The predicted octanol–water partition coefficient (Wildman–Crippen LogP) is 5.44. The van der Waals surface area contributed by atoms with Gasteiger partial charge in [-0.3, -0.25) is 4.79 Å². The van der Waals surface area contributed by atoms with Crippen molar-refractivity contribution in [3.63, 3.8) is 0 Å². The molecular weight excluding hydrogens is 469 g/mol. The Morgan fingerprint density at radius 3 is 2.42 bits per heavy atom. The summed E-state index contributed by atoms with van der Waals surface area (Å²) >= 11 is 19.1. The highest BCUT2D eigenvalue weighted by atomic mass is 35.5. The molecular formula is C22H19Cl3F2N2O2. The number of hydrogen-bond acceptors (Lipinski definition) is 3. The zero-order valence-electron chi connectivity index (χ0n) is 16.2. The number of carbonyl (C=O) groups is 2. The van der Waals surface area contributed by atoms with Gasteiger partial charge in [0.25, 0.3) is 11.8 Å². The Morgan fingerprint density at radius 1 is 1.13 bits per heavy atom. The van der Waals surface area contributed by atoms with E-state index in [4.69, 9.17) is 34.8 Å². The molecule has 1 amide bonds. The molecule has 2 aromatic rings. The van der Waals surface area contributed by atoms with Crippen molar-refractivity contribution in [2.24, 2.45) is 5.41 Å². The van der Waals surface area contributed by atoms with E-state index in [2.05, 4.69) is 10.6 Å². The third-order valence-corrected chi connectivity index (χ3v) is 7.45. The Labute approximate surface area is 193 Å². The maximum absolute atomic E-state index is 13.0. The molecule has 164 valence electrons. The van der Waals surface area contributed by atoms with E-state index in [0.29, 0.717) is 5.69 Å². The first-order valence-electron chi connectivity index (χ1n) is 9.71. The molecule has 0 bridgehead atoms. The maximum atomic E-state index is 13.0. The lowest BCUT2D eigenvalue weighted by Gasteiger charge is -2.35. The van der Waals surface area contributed by atoms with Gasteiger partial charge in [0.05, 0.1) is 16.0 Å². The first-order valence-corrected chi connectivity index (χ1v) is 10.8. The van der Waals surface area contributed by atoms with Gasteiger partial charge >= 0.3 is 0 Å². The smallest absolute Gasteiger partial charge is 0.253 e. The molecule has 2 unspecified atom stereocenters. The molecule has 2 aliphatic carbocycles. The fraction of sp³-hybridized carbons (Fsp3) is 0.364. The van der Waals surface area contributed by atoms with E-state index in [9.17, 15) is 18.4 Å². The summed E-state index contributed by atoms with van der Waals surface area (Å²) in [5, 5.41) is 5.87. The van der Waals surface area contributed by atoms with Crippen molar-refractivity contribution in [3.05, 3.63) is 64.7 Å². The Balaban J connectivity index is 1.47. The number of hydrogen-bond donors (Lipinski definition) is 2. The minimum Gasteiger partial charge on any atom is -0.384 e. The molecule has 0 aliphatic heterocycles. The zero-order chi connectivity index (χ0) is 22.4. The molecule has 4 rings (SSSR count). The summed E-state index contributed by atoms with van der Waals surface area (Å²) in [6, 6.07) is 13.4. The minimum absolute atomic E-state index is 0.139. The van der Waals surface area contributed by atoms with Crippen molar-refractivity contribution in [1.82, 2.24) is 5.32 Å². The van der Waals surface area contributed by atoms with Crippen LogP contribution in [0.2, 0.25) is 5.02 Å². The Morgan fingerprint density at radius 2 is 1.81 bits per heavy atom. The standard InChI is InChI=1S/C22H19Cl3F2N2O2/c23-17-7-6-14(8-16(17)19(31)29-15-9-21(26,27)10-15)28-11-20(12-30)18(22(20,24)25)13-4-2-1-3-5-13/h1-8,12,15,18,28H,9-11H2,(H,29,31). The third-order valence-electron chi connectivity index (χ3n) is 5.98. The molecule has 0 heterocycles. The number of amides is 1. The van der Waals surface area contributed by atoms with E-state index in [1.807, 2.05) is 30.3 Å². The molecule has 0 aromatic heterocycles. The summed E-state index contributed by atoms with van der Waals surface area (Å²) < 4.78 is 24.8. The van der Waals surface area contributed by atoms with E-state index in [1.54, 1.807) is 6.07 Å². The lowest BCUT2D eigenvalue weighted by atomic mass is 9.88. The van der Waals surface area contributed by atoms with E-state index >= 15 is 0 Å². The van der Waals surface area contributed by atoms with Crippen molar-refractivity contribution in [2.75, 3.05) is 11.9 Å². The number of alkyl halides is 4. The first-order chi connectivity index (χ1) is 14.6. The van der Waals surface area contributed by atoms with Gasteiger partial charge in [-0.2, -0.15) is 0 Å². The summed E-state index contributed by atoms with van der Waals surface area (Å²) in [6.07, 6.45) is -0.00686. The van der Waals surface area contributed by atoms with E-state index in [0.717, 1.165) is 11.8 Å². The Kier molecular flexibility index (Phi) is 5.69. The summed E-state index contributed by atoms with van der Waals surface area (Å²) in [6.45, 7) is 0.139. The Hall–Kier alpha value is -1.89.